The van der Waals surface area contributed by atoms with Crippen LogP contribution in [0.4, 0.5) is 0 Å². The maximum atomic E-state index is 5.86. The van der Waals surface area contributed by atoms with Crippen molar-refractivity contribution >= 4 is 23.2 Å². The van der Waals surface area contributed by atoms with Crippen LogP contribution in [0.15, 0.2) is 18.2 Å². The zero-order chi connectivity index (χ0) is 10.4. The highest BCUT2D eigenvalue weighted by molar-refractivity contribution is 6.32. The predicted octanol–water partition coefficient (Wildman–Crippen LogP) is 3.33. The van der Waals surface area contributed by atoms with E-state index in [-0.39, 0.29) is 0 Å². The molecule has 0 N–H and O–H groups in total. The lowest BCUT2D eigenvalue weighted by Crippen LogP contribution is -1.85. The standard InChI is InChI=1S/C11H10Cl2O/c1-14-11-8-9(4-2-3-7-12)5-6-10(11)13/h5-6,8H,3,7H2,1H3. The number of hydrogen-bond donors (Lipinski definition) is 0. The third-order valence-corrected chi connectivity index (χ3v) is 2.10. The van der Waals surface area contributed by atoms with Crippen molar-refractivity contribution in [1.29, 1.82) is 0 Å². The quantitative estimate of drug-likeness (QED) is 0.558. The summed E-state index contributed by atoms with van der Waals surface area (Å²) in [4.78, 5) is 0. The summed E-state index contributed by atoms with van der Waals surface area (Å²) in [6.45, 7) is 0. The van der Waals surface area contributed by atoms with Crippen LogP contribution in [-0.4, -0.2) is 13.0 Å². The Balaban J connectivity index is 2.86. The highest BCUT2D eigenvalue weighted by Gasteiger charge is 1.99. The highest BCUT2D eigenvalue weighted by Crippen LogP contribution is 2.24. The summed E-state index contributed by atoms with van der Waals surface area (Å²) < 4.78 is 5.07. The summed E-state index contributed by atoms with van der Waals surface area (Å²) >= 11 is 11.4. The number of halogens is 2. The molecule has 0 fully saturated rings. The third-order valence-electron chi connectivity index (χ3n) is 1.60. The van der Waals surface area contributed by atoms with Gasteiger partial charge in [-0.25, -0.2) is 0 Å². The fourth-order valence-corrected chi connectivity index (χ4v) is 1.24. The van der Waals surface area contributed by atoms with E-state index in [4.69, 9.17) is 27.9 Å². The number of benzene rings is 1. The third kappa shape index (κ3) is 3.14. The van der Waals surface area contributed by atoms with Crippen molar-refractivity contribution in [3.8, 4) is 17.6 Å². The van der Waals surface area contributed by atoms with Crippen LogP contribution in [0, 0.1) is 11.8 Å². The smallest absolute Gasteiger partial charge is 0.138 e. The van der Waals surface area contributed by atoms with E-state index in [0.29, 0.717) is 23.1 Å². The second kappa shape index (κ2) is 5.80. The lowest BCUT2D eigenvalue weighted by Gasteiger charge is -2.01. The zero-order valence-electron chi connectivity index (χ0n) is 7.81. The molecule has 0 saturated carbocycles. The van der Waals surface area contributed by atoms with Crippen LogP contribution in [0.25, 0.3) is 0 Å². The summed E-state index contributed by atoms with van der Waals surface area (Å²) in [5.41, 5.74) is 0.886. The maximum Gasteiger partial charge on any atom is 0.138 e. The van der Waals surface area contributed by atoms with Crippen molar-refractivity contribution < 1.29 is 4.74 Å². The molecule has 0 amide bonds. The topological polar surface area (TPSA) is 9.23 Å². The number of methoxy groups -OCH3 is 1. The second-order valence-corrected chi connectivity index (χ2v) is 3.38. The van der Waals surface area contributed by atoms with Crippen molar-refractivity contribution in [2.24, 2.45) is 0 Å². The number of alkyl halides is 1. The first-order chi connectivity index (χ1) is 6.77. The average Bonchev–Trinajstić information content (AvgIpc) is 2.21. The predicted molar refractivity (Wildman–Crippen MR) is 60.2 cm³/mol. The minimum atomic E-state index is 0.553. The van der Waals surface area contributed by atoms with Crippen molar-refractivity contribution in [3.05, 3.63) is 28.8 Å². The monoisotopic (exact) mass is 228 g/mol. The van der Waals surface area contributed by atoms with Crippen LogP contribution in [-0.2, 0) is 0 Å². The van der Waals surface area contributed by atoms with Gasteiger partial charge in [0.05, 0.1) is 12.1 Å². The molecule has 0 aliphatic heterocycles. The fraction of sp³-hybridized carbons (Fsp3) is 0.273. The van der Waals surface area contributed by atoms with Gasteiger partial charge in [-0.05, 0) is 18.2 Å². The van der Waals surface area contributed by atoms with Gasteiger partial charge >= 0.3 is 0 Å². The molecule has 0 bridgehead atoms. The Hall–Kier alpha value is -0.840. The molecule has 14 heavy (non-hydrogen) atoms. The largest absolute Gasteiger partial charge is 0.495 e. The Morgan fingerprint density at radius 1 is 1.43 bits per heavy atom. The number of rotatable bonds is 2. The minimum absolute atomic E-state index is 0.553. The van der Waals surface area contributed by atoms with Crippen LogP contribution >= 0.6 is 23.2 Å². The SMILES string of the molecule is COc1cc(C#CCCCl)ccc1Cl. The van der Waals surface area contributed by atoms with Crippen molar-refractivity contribution in [1.82, 2.24) is 0 Å². The Morgan fingerprint density at radius 3 is 2.86 bits per heavy atom. The zero-order valence-corrected chi connectivity index (χ0v) is 9.32. The van der Waals surface area contributed by atoms with E-state index in [9.17, 15) is 0 Å². The lowest BCUT2D eigenvalue weighted by molar-refractivity contribution is 0.415. The van der Waals surface area contributed by atoms with Gasteiger partial charge in [0.2, 0.25) is 0 Å². The Kier molecular flexibility index (Phi) is 4.65. The average molecular weight is 229 g/mol. The van der Waals surface area contributed by atoms with Crippen molar-refractivity contribution in [2.75, 3.05) is 13.0 Å². The summed E-state index contributed by atoms with van der Waals surface area (Å²) in [6.07, 6.45) is 0.687. The fourth-order valence-electron chi connectivity index (χ4n) is 0.949. The van der Waals surface area contributed by atoms with Gasteiger partial charge < -0.3 is 4.74 Å². The van der Waals surface area contributed by atoms with E-state index in [0.717, 1.165) is 5.56 Å². The highest BCUT2D eigenvalue weighted by atomic mass is 35.5. The maximum absolute atomic E-state index is 5.86. The van der Waals surface area contributed by atoms with Gasteiger partial charge in [0.15, 0.2) is 0 Å². The summed E-state index contributed by atoms with van der Waals surface area (Å²) in [5, 5.41) is 0.593. The van der Waals surface area contributed by atoms with Gasteiger partial charge in [-0.3, -0.25) is 0 Å². The molecule has 1 nitrogen and oxygen atoms in total. The first kappa shape index (κ1) is 11.2. The van der Waals surface area contributed by atoms with Gasteiger partial charge in [-0.1, -0.05) is 23.4 Å². The summed E-state index contributed by atoms with van der Waals surface area (Å²) in [5.74, 6) is 7.11. The molecule has 0 saturated heterocycles. The van der Waals surface area contributed by atoms with Gasteiger partial charge in [-0.2, -0.15) is 0 Å². The van der Waals surface area contributed by atoms with Crippen LogP contribution in [0.2, 0.25) is 5.02 Å². The van der Waals surface area contributed by atoms with Gasteiger partial charge in [0.25, 0.3) is 0 Å². The van der Waals surface area contributed by atoms with Crippen LogP contribution in [0.5, 0.6) is 5.75 Å². The van der Waals surface area contributed by atoms with E-state index >= 15 is 0 Å². The molecule has 0 aliphatic rings. The molecule has 3 heteroatoms. The van der Waals surface area contributed by atoms with Crippen LogP contribution < -0.4 is 4.74 Å². The molecule has 0 unspecified atom stereocenters. The molecule has 0 radical (unpaired) electrons. The van der Waals surface area contributed by atoms with E-state index in [1.165, 1.54) is 0 Å². The Labute approximate surface area is 94.0 Å². The molecule has 1 rings (SSSR count). The summed E-state index contributed by atoms with van der Waals surface area (Å²) in [6, 6.07) is 5.43. The molecule has 1 aromatic rings. The molecular formula is C11H10Cl2O. The lowest BCUT2D eigenvalue weighted by atomic mass is 10.2. The molecule has 0 spiro atoms. The summed E-state index contributed by atoms with van der Waals surface area (Å²) in [7, 11) is 1.58. The normalized spacial score (nSPS) is 9.07. The molecule has 1 aromatic carbocycles. The van der Waals surface area contributed by atoms with Crippen LogP contribution in [0.3, 0.4) is 0 Å². The minimum Gasteiger partial charge on any atom is -0.495 e. The van der Waals surface area contributed by atoms with E-state index in [2.05, 4.69) is 11.8 Å². The molecule has 0 aliphatic carbocycles. The number of hydrogen-bond acceptors (Lipinski definition) is 1. The molecule has 0 aromatic heterocycles. The number of ether oxygens (including phenoxy) is 1. The molecule has 0 heterocycles. The Bertz CT molecular complexity index is 363. The second-order valence-electron chi connectivity index (χ2n) is 2.59. The van der Waals surface area contributed by atoms with Gasteiger partial charge in [0.1, 0.15) is 5.75 Å². The molecular weight excluding hydrogens is 219 g/mol. The van der Waals surface area contributed by atoms with Gasteiger partial charge in [-0.15, -0.1) is 11.6 Å². The van der Waals surface area contributed by atoms with E-state index in [1.807, 2.05) is 12.1 Å². The van der Waals surface area contributed by atoms with Crippen molar-refractivity contribution in [3.63, 3.8) is 0 Å². The molecule has 0 atom stereocenters. The first-order valence-electron chi connectivity index (χ1n) is 4.16. The van der Waals surface area contributed by atoms with E-state index < -0.39 is 0 Å². The first-order valence-corrected chi connectivity index (χ1v) is 5.07. The molecule has 74 valence electrons. The van der Waals surface area contributed by atoms with Crippen LogP contribution in [0.1, 0.15) is 12.0 Å². The van der Waals surface area contributed by atoms with Crippen molar-refractivity contribution in [2.45, 2.75) is 6.42 Å². The van der Waals surface area contributed by atoms with E-state index in [1.54, 1.807) is 13.2 Å². The van der Waals surface area contributed by atoms with Gasteiger partial charge in [0, 0.05) is 17.9 Å². The Morgan fingerprint density at radius 2 is 2.21 bits per heavy atom.